The number of rotatable bonds is 3. The van der Waals surface area contributed by atoms with Gasteiger partial charge in [0.15, 0.2) is 0 Å². The van der Waals surface area contributed by atoms with Gasteiger partial charge in [-0.3, -0.25) is 4.79 Å². The third-order valence-corrected chi connectivity index (χ3v) is 5.64. The molecule has 1 saturated carbocycles. The Morgan fingerprint density at radius 3 is 2.68 bits per heavy atom. The second-order valence-electron chi connectivity index (χ2n) is 7.28. The summed E-state index contributed by atoms with van der Waals surface area (Å²) in [5.41, 5.74) is 0.230. The largest absolute Gasteiger partial charge is 0.477 e. The number of nitrogens with zero attached hydrogens (tertiary/aromatic N) is 2. The van der Waals surface area contributed by atoms with Crippen LogP contribution in [0, 0.1) is 5.82 Å². The van der Waals surface area contributed by atoms with Crippen LogP contribution >= 0.6 is 0 Å². The highest BCUT2D eigenvalue weighted by molar-refractivity contribution is 5.93. The van der Waals surface area contributed by atoms with E-state index in [1.807, 2.05) is 4.57 Å². The molecule has 0 spiro atoms. The average Bonchev–Trinajstić information content (AvgIpc) is 3.21. The summed E-state index contributed by atoms with van der Waals surface area (Å²) in [5.74, 6) is -1.73. The molecule has 7 heteroatoms. The van der Waals surface area contributed by atoms with E-state index in [2.05, 4.69) is 10.2 Å². The van der Waals surface area contributed by atoms with E-state index in [9.17, 15) is 19.1 Å². The zero-order chi connectivity index (χ0) is 17.3. The number of anilines is 1. The number of carbonyl (C=O) groups is 1. The van der Waals surface area contributed by atoms with E-state index < -0.39 is 17.2 Å². The number of hydrogen-bond acceptors (Lipinski definition) is 4. The maximum absolute atomic E-state index is 14.8. The molecule has 0 amide bonds. The second-order valence-corrected chi connectivity index (χ2v) is 7.28. The van der Waals surface area contributed by atoms with E-state index in [0.29, 0.717) is 17.2 Å². The van der Waals surface area contributed by atoms with Crippen molar-refractivity contribution in [2.24, 2.45) is 0 Å². The standard InChI is InChI=1S/C18H18FN3O3/c19-14-4-12-15(5-16(14)21-7-9-3-11(21)6-20-9)22(10-1-2-10)8-13(17(12)23)18(24)25/h4-5,8-11,20H,1-3,6-7H2,(H,24,25)/t9-,11?/m1/s1. The molecule has 1 aromatic carbocycles. The van der Waals surface area contributed by atoms with Crippen molar-refractivity contribution in [2.45, 2.75) is 37.4 Å². The van der Waals surface area contributed by atoms with Crippen LogP contribution in [0.4, 0.5) is 10.1 Å². The summed E-state index contributed by atoms with van der Waals surface area (Å²) in [6, 6.07) is 3.81. The summed E-state index contributed by atoms with van der Waals surface area (Å²) in [6.07, 6.45) is 4.32. The van der Waals surface area contributed by atoms with Crippen molar-refractivity contribution in [3.63, 3.8) is 0 Å². The number of nitrogens with one attached hydrogen (secondary N) is 1. The van der Waals surface area contributed by atoms with Crippen LogP contribution in [0.3, 0.4) is 0 Å². The van der Waals surface area contributed by atoms with E-state index >= 15 is 0 Å². The van der Waals surface area contributed by atoms with E-state index in [4.69, 9.17) is 0 Å². The van der Waals surface area contributed by atoms with Crippen LogP contribution < -0.4 is 15.6 Å². The fourth-order valence-electron chi connectivity index (χ4n) is 4.24. The van der Waals surface area contributed by atoms with Crippen molar-refractivity contribution in [2.75, 3.05) is 18.0 Å². The molecule has 25 heavy (non-hydrogen) atoms. The van der Waals surface area contributed by atoms with Gasteiger partial charge in [-0.1, -0.05) is 0 Å². The molecule has 3 heterocycles. The summed E-state index contributed by atoms with van der Waals surface area (Å²) in [5, 5.41) is 12.8. The molecule has 1 aromatic heterocycles. The molecule has 6 nitrogen and oxygen atoms in total. The van der Waals surface area contributed by atoms with Crippen molar-refractivity contribution >= 4 is 22.6 Å². The van der Waals surface area contributed by atoms with Gasteiger partial charge in [-0.05, 0) is 31.4 Å². The van der Waals surface area contributed by atoms with Gasteiger partial charge >= 0.3 is 5.97 Å². The minimum Gasteiger partial charge on any atom is -0.477 e. The van der Waals surface area contributed by atoms with Gasteiger partial charge in [0.1, 0.15) is 11.4 Å². The first-order chi connectivity index (χ1) is 12.0. The molecular formula is C18H18FN3O3. The first-order valence-corrected chi connectivity index (χ1v) is 8.64. The maximum Gasteiger partial charge on any atom is 0.341 e. The van der Waals surface area contributed by atoms with Crippen LogP contribution in [0.5, 0.6) is 0 Å². The number of pyridine rings is 1. The maximum atomic E-state index is 14.8. The smallest absolute Gasteiger partial charge is 0.341 e. The lowest BCUT2D eigenvalue weighted by atomic mass is 10.1. The molecule has 2 saturated heterocycles. The van der Waals surface area contributed by atoms with Gasteiger partial charge < -0.3 is 19.9 Å². The van der Waals surface area contributed by atoms with Crippen LogP contribution in [0.25, 0.3) is 10.9 Å². The first-order valence-electron chi connectivity index (χ1n) is 8.64. The quantitative estimate of drug-likeness (QED) is 0.888. The number of aromatic nitrogens is 1. The Morgan fingerprint density at radius 1 is 1.28 bits per heavy atom. The molecule has 2 bridgehead atoms. The molecule has 2 aliphatic heterocycles. The molecular weight excluding hydrogens is 325 g/mol. The molecule has 2 aromatic rings. The lowest BCUT2D eigenvalue weighted by Crippen LogP contribution is -2.44. The van der Waals surface area contributed by atoms with E-state index in [-0.39, 0.29) is 23.0 Å². The summed E-state index contributed by atoms with van der Waals surface area (Å²) in [7, 11) is 0. The Hall–Kier alpha value is -2.41. The molecule has 0 radical (unpaired) electrons. The SMILES string of the molecule is O=C(O)c1cn(C2CC2)c2cc(N3C[C@H]4CC3CN4)c(F)cc2c1=O. The molecule has 130 valence electrons. The predicted octanol–water partition coefficient (Wildman–Crippen LogP) is 1.72. The van der Waals surface area contributed by atoms with Gasteiger partial charge in [-0.25, -0.2) is 9.18 Å². The van der Waals surface area contributed by atoms with Gasteiger partial charge in [0.25, 0.3) is 0 Å². The Kier molecular flexibility index (Phi) is 3.01. The van der Waals surface area contributed by atoms with Crippen molar-refractivity contribution in [1.82, 2.24) is 9.88 Å². The van der Waals surface area contributed by atoms with E-state index in [1.54, 1.807) is 6.07 Å². The second kappa shape index (κ2) is 5.05. The molecule has 5 rings (SSSR count). The summed E-state index contributed by atoms with van der Waals surface area (Å²) >= 11 is 0. The Balaban J connectivity index is 1.73. The summed E-state index contributed by atoms with van der Waals surface area (Å²) in [6.45, 7) is 1.60. The zero-order valence-electron chi connectivity index (χ0n) is 13.5. The normalized spacial score (nSPS) is 25.1. The summed E-state index contributed by atoms with van der Waals surface area (Å²) < 4.78 is 16.6. The van der Waals surface area contributed by atoms with Crippen LogP contribution in [0.15, 0.2) is 23.1 Å². The van der Waals surface area contributed by atoms with Gasteiger partial charge in [0.05, 0.1) is 11.2 Å². The average molecular weight is 343 g/mol. The number of halogens is 1. The number of carboxylic acid groups (broad SMARTS) is 1. The third-order valence-electron chi connectivity index (χ3n) is 5.64. The van der Waals surface area contributed by atoms with E-state index in [0.717, 1.165) is 32.4 Å². The lowest BCUT2D eigenvalue weighted by Gasteiger charge is -2.30. The summed E-state index contributed by atoms with van der Waals surface area (Å²) in [4.78, 5) is 26.0. The van der Waals surface area contributed by atoms with Crippen LogP contribution in [0.1, 0.15) is 35.7 Å². The predicted molar refractivity (Wildman–Crippen MR) is 90.9 cm³/mol. The monoisotopic (exact) mass is 343 g/mol. The Bertz CT molecular complexity index is 966. The van der Waals surface area contributed by atoms with Crippen LogP contribution in [-0.2, 0) is 0 Å². The molecule has 3 aliphatic rings. The van der Waals surface area contributed by atoms with Gasteiger partial charge in [0, 0.05) is 42.8 Å². The number of hydrogen-bond donors (Lipinski definition) is 2. The number of aromatic carboxylic acids is 1. The first kappa shape index (κ1) is 14.9. The molecule has 2 N–H and O–H groups in total. The van der Waals surface area contributed by atoms with Crippen molar-refractivity contribution in [3.8, 4) is 0 Å². The molecule has 3 fully saturated rings. The van der Waals surface area contributed by atoms with Gasteiger partial charge in [-0.2, -0.15) is 0 Å². The number of piperazine rings is 1. The van der Waals surface area contributed by atoms with Crippen molar-refractivity contribution in [1.29, 1.82) is 0 Å². The molecule has 2 atom stereocenters. The number of fused-ring (bicyclic) bond motifs is 3. The Morgan fingerprint density at radius 2 is 2.08 bits per heavy atom. The fourth-order valence-corrected chi connectivity index (χ4v) is 4.24. The highest BCUT2D eigenvalue weighted by Crippen LogP contribution is 2.39. The highest BCUT2D eigenvalue weighted by atomic mass is 19.1. The van der Waals surface area contributed by atoms with Crippen molar-refractivity contribution < 1.29 is 14.3 Å². The van der Waals surface area contributed by atoms with E-state index in [1.165, 1.54) is 12.3 Å². The van der Waals surface area contributed by atoms with Gasteiger partial charge in [-0.15, -0.1) is 0 Å². The van der Waals surface area contributed by atoms with Crippen molar-refractivity contribution in [3.05, 3.63) is 39.9 Å². The number of benzene rings is 1. The van der Waals surface area contributed by atoms with Crippen LogP contribution in [-0.4, -0.2) is 40.8 Å². The fraction of sp³-hybridized carbons (Fsp3) is 0.444. The molecule has 1 aliphatic carbocycles. The lowest BCUT2D eigenvalue weighted by molar-refractivity contribution is 0.0695. The van der Waals surface area contributed by atoms with Gasteiger partial charge in [0.2, 0.25) is 5.43 Å². The molecule has 1 unspecified atom stereocenters. The minimum atomic E-state index is -1.27. The Labute approximate surface area is 142 Å². The minimum absolute atomic E-state index is 0.149. The topological polar surface area (TPSA) is 74.6 Å². The zero-order valence-corrected chi connectivity index (χ0v) is 13.5. The number of carboxylic acids is 1. The highest BCUT2D eigenvalue weighted by Gasteiger charge is 2.39. The third kappa shape index (κ3) is 2.18. The van der Waals surface area contributed by atoms with Crippen LogP contribution in [0.2, 0.25) is 0 Å².